The summed E-state index contributed by atoms with van der Waals surface area (Å²) in [6.07, 6.45) is 4.53. The third kappa shape index (κ3) is 4.45. The van der Waals surface area contributed by atoms with Crippen LogP contribution in [0.5, 0.6) is 0 Å². The average molecular weight is 250 g/mol. The number of rotatable bonds is 6. The third-order valence-electron chi connectivity index (χ3n) is 2.34. The van der Waals surface area contributed by atoms with Crippen LogP contribution in [0.25, 0.3) is 6.08 Å². The molecule has 1 N–H and O–H groups in total. The van der Waals surface area contributed by atoms with Gasteiger partial charge in [-0.05, 0) is 32.1 Å². The molecule has 1 heterocycles. The molecule has 2 amide bonds. The van der Waals surface area contributed by atoms with Crippen LogP contribution in [0.3, 0.4) is 0 Å². The smallest absolute Gasteiger partial charge is 0.247 e. The highest BCUT2D eigenvalue weighted by molar-refractivity contribution is 5.94. The molecule has 0 saturated heterocycles. The number of furan rings is 1. The molecule has 0 bridgehead atoms. The summed E-state index contributed by atoms with van der Waals surface area (Å²) in [5, 5.41) is 2.66. The van der Waals surface area contributed by atoms with Gasteiger partial charge < -0.3 is 14.6 Å². The third-order valence-corrected chi connectivity index (χ3v) is 2.34. The first-order valence-electron chi connectivity index (χ1n) is 5.94. The second-order valence-corrected chi connectivity index (χ2v) is 3.65. The lowest BCUT2D eigenvalue weighted by atomic mass is 10.3. The average Bonchev–Trinajstić information content (AvgIpc) is 2.86. The maximum atomic E-state index is 11.8. The molecule has 0 saturated carbocycles. The molecule has 1 aromatic heterocycles. The SMILES string of the molecule is CCNC(=O)CN(CC)C(=O)/C=C/c1ccco1. The van der Waals surface area contributed by atoms with Gasteiger partial charge in [0.2, 0.25) is 11.8 Å². The van der Waals surface area contributed by atoms with E-state index in [4.69, 9.17) is 4.42 Å². The maximum absolute atomic E-state index is 11.8. The largest absolute Gasteiger partial charge is 0.465 e. The summed E-state index contributed by atoms with van der Waals surface area (Å²) in [4.78, 5) is 24.7. The summed E-state index contributed by atoms with van der Waals surface area (Å²) in [6.45, 7) is 4.79. The lowest BCUT2D eigenvalue weighted by molar-refractivity contribution is -0.132. The molecular formula is C13H18N2O3. The minimum Gasteiger partial charge on any atom is -0.465 e. The predicted octanol–water partition coefficient (Wildman–Crippen LogP) is 1.28. The maximum Gasteiger partial charge on any atom is 0.247 e. The quantitative estimate of drug-likeness (QED) is 0.773. The zero-order chi connectivity index (χ0) is 13.4. The summed E-state index contributed by atoms with van der Waals surface area (Å²) in [5.74, 6) is 0.247. The van der Waals surface area contributed by atoms with Crippen molar-refractivity contribution in [3.63, 3.8) is 0 Å². The van der Waals surface area contributed by atoms with Crippen LogP contribution in [0.2, 0.25) is 0 Å². The van der Waals surface area contributed by atoms with Crippen molar-refractivity contribution in [1.29, 1.82) is 0 Å². The van der Waals surface area contributed by atoms with Gasteiger partial charge in [0.1, 0.15) is 5.76 Å². The number of likely N-dealkylation sites (N-methyl/N-ethyl adjacent to an activating group) is 2. The molecule has 5 heteroatoms. The van der Waals surface area contributed by atoms with Crippen molar-refractivity contribution < 1.29 is 14.0 Å². The molecule has 18 heavy (non-hydrogen) atoms. The number of amides is 2. The Morgan fingerprint density at radius 1 is 1.44 bits per heavy atom. The van der Waals surface area contributed by atoms with Gasteiger partial charge in [-0.1, -0.05) is 0 Å². The number of carbonyl (C=O) groups is 2. The summed E-state index contributed by atoms with van der Waals surface area (Å²) < 4.78 is 5.08. The van der Waals surface area contributed by atoms with E-state index in [9.17, 15) is 9.59 Å². The highest BCUT2D eigenvalue weighted by Gasteiger charge is 2.12. The van der Waals surface area contributed by atoms with Crippen LogP contribution in [0, 0.1) is 0 Å². The van der Waals surface area contributed by atoms with Gasteiger partial charge in [-0.3, -0.25) is 9.59 Å². The molecule has 0 aliphatic carbocycles. The van der Waals surface area contributed by atoms with Gasteiger partial charge in [0.15, 0.2) is 0 Å². The minimum absolute atomic E-state index is 0.0751. The van der Waals surface area contributed by atoms with Gasteiger partial charge in [0.05, 0.1) is 12.8 Å². The lowest BCUT2D eigenvalue weighted by Crippen LogP contribution is -2.39. The Morgan fingerprint density at radius 2 is 2.22 bits per heavy atom. The lowest BCUT2D eigenvalue weighted by Gasteiger charge is -2.18. The molecule has 0 aliphatic rings. The van der Waals surface area contributed by atoms with Crippen molar-refractivity contribution in [2.45, 2.75) is 13.8 Å². The van der Waals surface area contributed by atoms with Crippen molar-refractivity contribution in [1.82, 2.24) is 10.2 Å². The Kier molecular flexibility index (Phi) is 5.70. The molecule has 0 atom stereocenters. The normalized spacial score (nSPS) is 10.6. The van der Waals surface area contributed by atoms with E-state index in [2.05, 4.69) is 5.32 Å². The summed E-state index contributed by atoms with van der Waals surface area (Å²) in [5.41, 5.74) is 0. The fourth-order valence-electron chi connectivity index (χ4n) is 1.42. The van der Waals surface area contributed by atoms with E-state index in [1.807, 2.05) is 13.8 Å². The standard InChI is InChI=1S/C13H18N2O3/c1-3-14-12(16)10-15(4-2)13(17)8-7-11-6-5-9-18-11/h5-9H,3-4,10H2,1-2H3,(H,14,16)/b8-7+. The highest BCUT2D eigenvalue weighted by atomic mass is 16.3. The Hall–Kier alpha value is -2.04. The Balaban J connectivity index is 2.54. The van der Waals surface area contributed by atoms with Crippen LogP contribution in [-0.2, 0) is 9.59 Å². The topological polar surface area (TPSA) is 62.6 Å². The van der Waals surface area contributed by atoms with Gasteiger partial charge in [0.25, 0.3) is 0 Å². The van der Waals surface area contributed by atoms with Crippen LogP contribution >= 0.6 is 0 Å². The molecule has 98 valence electrons. The van der Waals surface area contributed by atoms with Crippen LogP contribution in [0.15, 0.2) is 28.9 Å². The van der Waals surface area contributed by atoms with E-state index in [1.165, 1.54) is 17.2 Å². The van der Waals surface area contributed by atoms with Crippen molar-refractivity contribution in [3.8, 4) is 0 Å². The van der Waals surface area contributed by atoms with Crippen molar-refractivity contribution >= 4 is 17.9 Å². The molecule has 0 fully saturated rings. The van der Waals surface area contributed by atoms with E-state index in [0.29, 0.717) is 18.8 Å². The van der Waals surface area contributed by atoms with Gasteiger partial charge in [-0.2, -0.15) is 0 Å². The van der Waals surface area contributed by atoms with Crippen molar-refractivity contribution in [3.05, 3.63) is 30.2 Å². The fraction of sp³-hybridized carbons (Fsp3) is 0.385. The van der Waals surface area contributed by atoms with E-state index < -0.39 is 0 Å². The molecular weight excluding hydrogens is 232 g/mol. The Labute approximate surface area is 106 Å². The molecule has 0 spiro atoms. The predicted molar refractivity (Wildman–Crippen MR) is 68.7 cm³/mol. The summed E-state index contributed by atoms with van der Waals surface area (Å²) >= 11 is 0. The van der Waals surface area contributed by atoms with Gasteiger partial charge in [-0.25, -0.2) is 0 Å². The van der Waals surface area contributed by atoms with Crippen LogP contribution in [0.1, 0.15) is 19.6 Å². The Morgan fingerprint density at radius 3 is 2.78 bits per heavy atom. The minimum atomic E-state index is -0.208. The van der Waals surface area contributed by atoms with Crippen LogP contribution in [0.4, 0.5) is 0 Å². The molecule has 5 nitrogen and oxygen atoms in total. The first kappa shape index (κ1) is 14.0. The zero-order valence-corrected chi connectivity index (χ0v) is 10.7. The van der Waals surface area contributed by atoms with Crippen molar-refractivity contribution in [2.75, 3.05) is 19.6 Å². The number of hydrogen-bond donors (Lipinski definition) is 1. The zero-order valence-electron chi connectivity index (χ0n) is 10.7. The first-order chi connectivity index (χ1) is 8.67. The second kappa shape index (κ2) is 7.32. The Bertz CT molecular complexity index is 410. The molecule has 1 aromatic rings. The van der Waals surface area contributed by atoms with Gasteiger partial charge in [0, 0.05) is 19.2 Å². The van der Waals surface area contributed by atoms with Crippen LogP contribution in [-0.4, -0.2) is 36.3 Å². The molecule has 0 aromatic carbocycles. The molecule has 0 aliphatic heterocycles. The number of nitrogens with zero attached hydrogens (tertiary/aromatic N) is 1. The number of carbonyl (C=O) groups excluding carboxylic acids is 2. The first-order valence-corrected chi connectivity index (χ1v) is 5.94. The summed E-state index contributed by atoms with van der Waals surface area (Å²) in [7, 11) is 0. The van der Waals surface area contributed by atoms with E-state index in [0.717, 1.165) is 0 Å². The molecule has 0 radical (unpaired) electrons. The van der Waals surface area contributed by atoms with E-state index >= 15 is 0 Å². The molecule has 0 unspecified atom stereocenters. The second-order valence-electron chi connectivity index (χ2n) is 3.65. The summed E-state index contributed by atoms with van der Waals surface area (Å²) in [6, 6.07) is 3.50. The number of hydrogen-bond acceptors (Lipinski definition) is 3. The van der Waals surface area contributed by atoms with Gasteiger partial charge >= 0.3 is 0 Å². The van der Waals surface area contributed by atoms with Crippen molar-refractivity contribution in [2.24, 2.45) is 0 Å². The molecule has 1 rings (SSSR count). The van der Waals surface area contributed by atoms with E-state index in [-0.39, 0.29) is 18.4 Å². The fourth-order valence-corrected chi connectivity index (χ4v) is 1.42. The van der Waals surface area contributed by atoms with E-state index in [1.54, 1.807) is 18.2 Å². The van der Waals surface area contributed by atoms with Crippen LogP contribution < -0.4 is 5.32 Å². The highest BCUT2D eigenvalue weighted by Crippen LogP contribution is 2.03. The number of nitrogens with one attached hydrogen (secondary N) is 1. The van der Waals surface area contributed by atoms with Gasteiger partial charge in [-0.15, -0.1) is 0 Å². The monoisotopic (exact) mass is 250 g/mol.